The summed E-state index contributed by atoms with van der Waals surface area (Å²) in [6, 6.07) is 15.7. The number of nitrogens with zero attached hydrogens (tertiary/aromatic N) is 2. The molecular formula is C18H20N2O4S. The van der Waals surface area contributed by atoms with Crippen LogP contribution in [0.4, 0.5) is 4.79 Å². The second kappa shape index (κ2) is 7.25. The Balaban J connectivity index is 1.64. The molecule has 25 heavy (non-hydrogen) atoms. The van der Waals surface area contributed by atoms with Crippen LogP contribution < -0.4 is 4.74 Å². The van der Waals surface area contributed by atoms with E-state index in [0.717, 1.165) is 0 Å². The van der Waals surface area contributed by atoms with Crippen LogP contribution in [0.25, 0.3) is 0 Å². The van der Waals surface area contributed by atoms with Crippen LogP contribution in [0.15, 0.2) is 59.5 Å². The topological polar surface area (TPSA) is 66.9 Å². The zero-order valence-electron chi connectivity index (χ0n) is 14.0. The molecule has 0 unspecified atom stereocenters. The van der Waals surface area contributed by atoms with Crippen LogP contribution in [0.2, 0.25) is 0 Å². The number of aryl methyl sites for hydroxylation is 1. The standard InChI is InChI=1S/C18H20N2O4S/c1-15-7-5-6-10-17(15)25(22,23)20-13-11-19(12-14-20)18(21)24-16-8-3-2-4-9-16/h2-10H,11-14H2,1H3. The Bertz CT molecular complexity index is 844. The minimum atomic E-state index is -3.55. The molecule has 0 saturated carbocycles. The van der Waals surface area contributed by atoms with Gasteiger partial charge < -0.3 is 9.64 Å². The minimum absolute atomic E-state index is 0.251. The van der Waals surface area contributed by atoms with Crippen molar-refractivity contribution in [2.45, 2.75) is 11.8 Å². The first-order valence-corrected chi connectivity index (χ1v) is 9.50. The van der Waals surface area contributed by atoms with Gasteiger partial charge in [0.2, 0.25) is 10.0 Å². The van der Waals surface area contributed by atoms with E-state index in [1.54, 1.807) is 49.4 Å². The van der Waals surface area contributed by atoms with E-state index < -0.39 is 16.1 Å². The van der Waals surface area contributed by atoms with Crippen molar-refractivity contribution >= 4 is 16.1 Å². The third-order valence-corrected chi connectivity index (χ3v) is 6.22. The van der Waals surface area contributed by atoms with E-state index >= 15 is 0 Å². The molecule has 1 aliphatic heterocycles. The minimum Gasteiger partial charge on any atom is -0.410 e. The zero-order chi connectivity index (χ0) is 17.9. The van der Waals surface area contributed by atoms with Crippen LogP contribution in [0.3, 0.4) is 0 Å². The van der Waals surface area contributed by atoms with Crippen molar-refractivity contribution in [3.63, 3.8) is 0 Å². The fraction of sp³-hybridized carbons (Fsp3) is 0.278. The molecule has 1 amide bonds. The largest absolute Gasteiger partial charge is 0.415 e. The van der Waals surface area contributed by atoms with Crippen molar-refractivity contribution in [3.8, 4) is 5.75 Å². The van der Waals surface area contributed by atoms with Gasteiger partial charge in [-0.25, -0.2) is 13.2 Å². The van der Waals surface area contributed by atoms with E-state index in [1.807, 2.05) is 12.1 Å². The molecule has 1 saturated heterocycles. The van der Waals surface area contributed by atoms with Crippen molar-refractivity contribution in [2.24, 2.45) is 0 Å². The Kier molecular flexibility index (Phi) is 5.06. The number of benzene rings is 2. The third-order valence-electron chi connectivity index (χ3n) is 4.16. The zero-order valence-corrected chi connectivity index (χ0v) is 14.8. The molecule has 0 atom stereocenters. The van der Waals surface area contributed by atoms with Crippen molar-refractivity contribution in [2.75, 3.05) is 26.2 Å². The Morgan fingerprint density at radius 3 is 2.16 bits per heavy atom. The number of para-hydroxylation sites is 1. The first-order valence-electron chi connectivity index (χ1n) is 8.06. The smallest absolute Gasteiger partial charge is 0.410 e. The number of carbonyl (C=O) groups excluding carboxylic acids is 1. The normalized spacial score (nSPS) is 15.8. The Hall–Kier alpha value is -2.38. The van der Waals surface area contributed by atoms with Crippen LogP contribution in [-0.4, -0.2) is 49.9 Å². The molecule has 6 nitrogen and oxygen atoms in total. The molecule has 1 fully saturated rings. The predicted molar refractivity (Wildman–Crippen MR) is 94.0 cm³/mol. The monoisotopic (exact) mass is 360 g/mol. The van der Waals surface area contributed by atoms with Crippen LogP contribution in [0.5, 0.6) is 5.75 Å². The van der Waals surface area contributed by atoms with Crippen LogP contribution in [-0.2, 0) is 10.0 Å². The Labute approximate surface area is 147 Å². The highest BCUT2D eigenvalue weighted by molar-refractivity contribution is 7.89. The van der Waals surface area contributed by atoms with E-state index in [4.69, 9.17) is 4.74 Å². The van der Waals surface area contributed by atoms with Gasteiger partial charge in [-0.15, -0.1) is 0 Å². The summed E-state index contributed by atoms with van der Waals surface area (Å²) in [5, 5.41) is 0. The second-order valence-corrected chi connectivity index (χ2v) is 7.74. The molecule has 1 aliphatic rings. The van der Waals surface area contributed by atoms with Gasteiger partial charge in [0.05, 0.1) is 4.90 Å². The van der Waals surface area contributed by atoms with E-state index in [9.17, 15) is 13.2 Å². The molecule has 0 N–H and O–H groups in total. The first-order chi connectivity index (χ1) is 12.0. The number of hydrogen-bond acceptors (Lipinski definition) is 4. The number of ether oxygens (including phenoxy) is 1. The number of carbonyl (C=O) groups is 1. The highest BCUT2D eigenvalue weighted by Gasteiger charge is 2.31. The molecule has 2 aromatic rings. The molecule has 2 aromatic carbocycles. The van der Waals surface area contributed by atoms with Crippen LogP contribution in [0.1, 0.15) is 5.56 Å². The van der Waals surface area contributed by atoms with Gasteiger partial charge in [0, 0.05) is 26.2 Å². The van der Waals surface area contributed by atoms with Gasteiger partial charge in [-0.1, -0.05) is 36.4 Å². The highest BCUT2D eigenvalue weighted by Crippen LogP contribution is 2.21. The third kappa shape index (κ3) is 3.83. The lowest BCUT2D eigenvalue weighted by molar-refractivity contribution is 0.132. The first kappa shape index (κ1) is 17.4. The molecule has 132 valence electrons. The van der Waals surface area contributed by atoms with E-state index in [1.165, 1.54) is 9.21 Å². The predicted octanol–water partition coefficient (Wildman–Crippen LogP) is 2.50. The summed E-state index contributed by atoms with van der Waals surface area (Å²) in [5.74, 6) is 0.475. The Morgan fingerprint density at radius 2 is 1.52 bits per heavy atom. The molecule has 0 aromatic heterocycles. The fourth-order valence-corrected chi connectivity index (χ4v) is 4.40. The van der Waals surface area contributed by atoms with E-state index in [-0.39, 0.29) is 13.1 Å². The summed E-state index contributed by atoms with van der Waals surface area (Å²) in [5.41, 5.74) is 0.716. The molecule has 0 bridgehead atoms. The van der Waals surface area contributed by atoms with Gasteiger partial charge >= 0.3 is 6.09 Å². The lowest BCUT2D eigenvalue weighted by atomic mass is 10.2. The van der Waals surface area contributed by atoms with Gasteiger partial charge in [-0.2, -0.15) is 4.31 Å². The maximum absolute atomic E-state index is 12.8. The maximum Gasteiger partial charge on any atom is 0.415 e. The molecule has 1 heterocycles. The molecule has 7 heteroatoms. The van der Waals surface area contributed by atoms with Gasteiger partial charge in [0.25, 0.3) is 0 Å². The average molecular weight is 360 g/mol. The van der Waals surface area contributed by atoms with Crippen molar-refractivity contribution in [1.29, 1.82) is 0 Å². The summed E-state index contributed by atoms with van der Waals surface area (Å²) >= 11 is 0. The van der Waals surface area contributed by atoms with Crippen LogP contribution >= 0.6 is 0 Å². The lowest BCUT2D eigenvalue weighted by Crippen LogP contribution is -2.51. The molecule has 0 aliphatic carbocycles. The summed E-state index contributed by atoms with van der Waals surface area (Å²) in [6.07, 6.45) is -0.459. The molecular weight excluding hydrogens is 340 g/mol. The maximum atomic E-state index is 12.8. The second-order valence-electron chi connectivity index (χ2n) is 5.84. The fourth-order valence-electron chi connectivity index (χ4n) is 2.75. The van der Waals surface area contributed by atoms with Gasteiger partial charge in [-0.05, 0) is 30.7 Å². The van der Waals surface area contributed by atoms with Gasteiger partial charge in [-0.3, -0.25) is 0 Å². The molecule has 3 rings (SSSR count). The highest BCUT2D eigenvalue weighted by atomic mass is 32.2. The quantitative estimate of drug-likeness (QED) is 0.843. The Morgan fingerprint density at radius 1 is 0.920 bits per heavy atom. The number of amides is 1. The number of hydrogen-bond donors (Lipinski definition) is 0. The molecule has 0 radical (unpaired) electrons. The lowest BCUT2D eigenvalue weighted by Gasteiger charge is -2.33. The SMILES string of the molecule is Cc1ccccc1S(=O)(=O)N1CCN(C(=O)Oc2ccccc2)CC1. The average Bonchev–Trinajstić information content (AvgIpc) is 2.63. The molecule has 0 spiro atoms. The number of rotatable bonds is 3. The summed E-state index contributed by atoms with van der Waals surface area (Å²) in [7, 11) is -3.55. The number of piperazine rings is 1. The van der Waals surface area contributed by atoms with E-state index in [0.29, 0.717) is 29.3 Å². The van der Waals surface area contributed by atoms with Crippen molar-refractivity contribution in [3.05, 3.63) is 60.2 Å². The summed E-state index contributed by atoms with van der Waals surface area (Å²) in [4.78, 5) is 14.0. The van der Waals surface area contributed by atoms with Crippen LogP contribution in [0, 0.1) is 6.92 Å². The van der Waals surface area contributed by atoms with Gasteiger partial charge in [0.15, 0.2) is 0 Å². The summed E-state index contributed by atoms with van der Waals surface area (Å²) in [6.45, 7) is 2.88. The summed E-state index contributed by atoms with van der Waals surface area (Å²) < 4.78 is 32.2. The van der Waals surface area contributed by atoms with Gasteiger partial charge in [0.1, 0.15) is 5.75 Å². The van der Waals surface area contributed by atoms with E-state index in [2.05, 4.69) is 0 Å². The van der Waals surface area contributed by atoms with Crippen molar-refractivity contribution < 1.29 is 17.9 Å². The number of sulfonamides is 1. The van der Waals surface area contributed by atoms with Crippen molar-refractivity contribution in [1.82, 2.24) is 9.21 Å².